The van der Waals surface area contributed by atoms with Gasteiger partial charge >= 0.3 is 0 Å². The first-order valence-corrected chi connectivity index (χ1v) is 11.7. The van der Waals surface area contributed by atoms with Crippen molar-refractivity contribution in [1.29, 1.82) is 0 Å². The van der Waals surface area contributed by atoms with Crippen molar-refractivity contribution >= 4 is 22.9 Å². The van der Waals surface area contributed by atoms with E-state index in [1.54, 1.807) is 29.4 Å². The maximum atomic E-state index is 13.9. The molecule has 2 aliphatic rings. The standard InChI is InChI=1S/C26H30FN3O3/c1-16-6-4-9-20(17(16)2)28-25(32)26(3)15-29-21-10-11-33-23(21)13-22(29)24(31)30(26)14-18-7-5-8-19(27)12-18/h5,7-8,10-13,16-17,20H,4,6,9,14-15H2,1-3H3,(H,28,32). The molecule has 3 heterocycles. The number of benzene rings is 1. The van der Waals surface area contributed by atoms with Gasteiger partial charge in [0.2, 0.25) is 5.91 Å². The van der Waals surface area contributed by atoms with E-state index in [-0.39, 0.29) is 30.2 Å². The van der Waals surface area contributed by atoms with Gasteiger partial charge < -0.3 is 19.2 Å². The van der Waals surface area contributed by atoms with Gasteiger partial charge in [0.15, 0.2) is 5.58 Å². The molecule has 1 fully saturated rings. The van der Waals surface area contributed by atoms with E-state index in [4.69, 9.17) is 4.42 Å². The third-order valence-electron chi connectivity index (χ3n) is 7.79. The van der Waals surface area contributed by atoms with Crippen LogP contribution in [0.1, 0.15) is 56.1 Å². The Kier molecular flexibility index (Phi) is 5.30. The van der Waals surface area contributed by atoms with Crippen molar-refractivity contribution in [2.45, 2.75) is 64.7 Å². The maximum Gasteiger partial charge on any atom is 0.271 e. The molecule has 1 aromatic carbocycles. The Morgan fingerprint density at radius 2 is 2.06 bits per heavy atom. The van der Waals surface area contributed by atoms with Crippen LogP contribution in [0.4, 0.5) is 4.39 Å². The van der Waals surface area contributed by atoms with Crippen molar-refractivity contribution in [1.82, 2.24) is 14.8 Å². The van der Waals surface area contributed by atoms with E-state index in [2.05, 4.69) is 19.2 Å². The molecule has 3 aromatic rings. The highest BCUT2D eigenvalue weighted by Gasteiger charge is 2.48. The zero-order chi connectivity index (χ0) is 23.3. The first kappa shape index (κ1) is 21.7. The lowest BCUT2D eigenvalue weighted by atomic mass is 9.77. The third kappa shape index (κ3) is 3.63. The lowest BCUT2D eigenvalue weighted by molar-refractivity contribution is -0.134. The first-order valence-electron chi connectivity index (χ1n) is 11.7. The van der Waals surface area contributed by atoms with Crippen LogP contribution in [-0.4, -0.2) is 32.9 Å². The van der Waals surface area contributed by atoms with Gasteiger partial charge in [-0.2, -0.15) is 0 Å². The minimum Gasteiger partial charge on any atom is -0.463 e. The highest BCUT2D eigenvalue weighted by atomic mass is 19.1. The molecule has 0 spiro atoms. The van der Waals surface area contributed by atoms with E-state index in [1.165, 1.54) is 18.6 Å². The summed E-state index contributed by atoms with van der Waals surface area (Å²) in [5.41, 5.74) is 1.39. The zero-order valence-corrected chi connectivity index (χ0v) is 19.3. The molecule has 2 aromatic heterocycles. The zero-order valence-electron chi connectivity index (χ0n) is 19.3. The van der Waals surface area contributed by atoms with Crippen LogP contribution in [0.3, 0.4) is 0 Å². The second-order valence-corrected chi connectivity index (χ2v) is 9.93. The van der Waals surface area contributed by atoms with Crippen molar-refractivity contribution in [2.75, 3.05) is 0 Å². The molecule has 33 heavy (non-hydrogen) atoms. The van der Waals surface area contributed by atoms with Gasteiger partial charge in [0, 0.05) is 24.7 Å². The molecular weight excluding hydrogens is 421 g/mol. The van der Waals surface area contributed by atoms with E-state index < -0.39 is 5.54 Å². The number of halogens is 1. The predicted molar refractivity (Wildman–Crippen MR) is 123 cm³/mol. The summed E-state index contributed by atoms with van der Waals surface area (Å²) in [5.74, 6) is 0.0997. The van der Waals surface area contributed by atoms with Gasteiger partial charge in [-0.05, 0) is 42.9 Å². The minimum absolute atomic E-state index is 0.0733. The van der Waals surface area contributed by atoms with Crippen LogP contribution in [0, 0.1) is 17.7 Å². The average molecular weight is 452 g/mol. The molecule has 4 unspecified atom stereocenters. The smallest absolute Gasteiger partial charge is 0.271 e. The number of nitrogens with zero attached hydrogens (tertiary/aromatic N) is 2. The lowest BCUT2D eigenvalue weighted by Gasteiger charge is -2.45. The molecule has 1 N–H and O–H groups in total. The van der Waals surface area contributed by atoms with Crippen molar-refractivity contribution < 1.29 is 18.4 Å². The summed E-state index contributed by atoms with van der Waals surface area (Å²) < 4.78 is 21.3. The number of nitrogens with one attached hydrogen (secondary N) is 1. The Morgan fingerprint density at radius 1 is 1.24 bits per heavy atom. The van der Waals surface area contributed by atoms with E-state index in [1.807, 2.05) is 17.6 Å². The number of hydrogen-bond donors (Lipinski definition) is 1. The van der Waals surface area contributed by atoms with Crippen LogP contribution in [0.25, 0.3) is 11.1 Å². The lowest BCUT2D eigenvalue weighted by Crippen LogP contribution is -2.65. The topological polar surface area (TPSA) is 67.5 Å². The molecule has 0 bridgehead atoms. The highest BCUT2D eigenvalue weighted by Crippen LogP contribution is 2.35. The largest absolute Gasteiger partial charge is 0.463 e. The number of carbonyl (C=O) groups is 2. The van der Waals surface area contributed by atoms with Gasteiger partial charge in [0.05, 0.1) is 18.3 Å². The molecule has 7 heteroatoms. The molecule has 2 amide bonds. The summed E-state index contributed by atoms with van der Waals surface area (Å²) in [4.78, 5) is 29.1. The van der Waals surface area contributed by atoms with Crippen molar-refractivity contribution in [3.05, 3.63) is 59.7 Å². The fourth-order valence-corrected chi connectivity index (χ4v) is 5.45. The molecule has 5 rings (SSSR count). The normalized spacial score (nSPS) is 27.6. The summed E-state index contributed by atoms with van der Waals surface area (Å²) in [6, 6.07) is 9.80. The van der Waals surface area contributed by atoms with Gasteiger partial charge in [-0.25, -0.2) is 4.39 Å². The number of hydrogen-bond acceptors (Lipinski definition) is 3. The number of aromatic nitrogens is 1. The Balaban J connectivity index is 1.53. The van der Waals surface area contributed by atoms with Gasteiger partial charge in [0.1, 0.15) is 17.1 Å². The SMILES string of the molecule is CC1CCCC(NC(=O)C2(C)Cn3c(cc4occc43)C(=O)N2Cc2cccc(F)c2)C1C. The summed E-state index contributed by atoms with van der Waals surface area (Å²) in [5, 5.41) is 3.28. The predicted octanol–water partition coefficient (Wildman–Crippen LogP) is 4.73. The van der Waals surface area contributed by atoms with E-state index in [9.17, 15) is 14.0 Å². The summed E-state index contributed by atoms with van der Waals surface area (Å²) in [6.07, 6.45) is 4.77. The molecule has 1 aliphatic carbocycles. The second-order valence-electron chi connectivity index (χ2n) is 9.93. The van der Waals surface area contributed by atoms with E-state index in [0.717, 1.165) is 18.4 Å². The molecule has 6 nitrogen and oxygen atoms in total. The molecule has 0 saturated heterocycles. The molecular formula is C26H30FN3O3. The Labute approximate surface area is 192 Å². The van der Waals surface area contributed by atoms with Crippen molar-refractivity contribution in [3.63, 3.8) is 0 Å². The van der Waals surface area contributed by atoms with Crippen LogP contribution >= 0.6 is 0 Å². The third-order valence-corrected chi connectivity index (χ3v) is 7.79. The Hall–Kier alpha value is -3.09. The number of amides is 2. The maximum absolute atomic E-state index is 13.9. The molecule has 1 aliphatic heterocycles. The van der Waals surface area contributed by atoms with Gasteiger partial charge in [-0.1, -0.05) is 38.8 Å². The fraction of sp³-hybridized carbons (Fsp3) is 0.462. The minimum atomic E-state index is -1.14. The van der Waals surface area contributed by atoms with Crippen LogP contribution in [0.5, 0.6) is 0 Å². The van der Waals surface area contributed by atoms with Gasteiger partial charge in [-0.3, -0.25) is 9.59 Å². The Morgan fingerprint density at radius 3 is 2.85 bits per heavy atom. The van der Waals surface area contributed by atoms with Gasteiger partial charge in [-0.15, -0.1) is 0 Å². The monoisotopic (exact) mass is 451 g/mol. The summed E-state index contributed by atoms with van der Waals surface area (Å²) in [6.45, 7) is 6.67. The fourth-order valence-electron chi connectivity index (χ4n) is 5.45. The number of fused-ring (bicyclic) bond motifs is 3. The Bertz CT molecular complexity index is 1210. The van der Waals surface area contributed by atoms with E-state index in [0.29, 0.717) is 35.2 Å². The summed E-state index contributed by atoms with van der Waals surface area (Å²) in [7, 11) is 0. The van der Waals surface area contributed by atoms with Crippen LogP contribution < -0.4 is 5.32 Å². The first-order chi connectivity index (χ1) is 15.8. The quantitative estimate of drug-likeness (QED) is 0.624. The average Bonchev–Trinajstić information content (AvgIpc) is 3.37. The summed E-state index contributed by atoms with van der Waals surface area (Å²) >= 11 is 0. The molecule has 174 valence electrons. The number of furan rings is 1. The van der Waals surface area contributed by atoms with Crippen LogP contribution in [0.2, 0.25) is 0 Å². The molecule has 4 atom stereocenters. The van der Waals surface area contributed by atoms with Crippen molar-refractivity contribution in [2.24, 2.45) is 11.8 Å². The number of carbonyl (C=O) groups excluding carboxylic acids is 2. The van der Waals surface area contributed by atoms with E-state index >= 15 is 0 Å². The number of rotatable bonds is 4. The molecule has 0 radical (unpaired) electrons. The van der Waals surface area contributed by atoms with Crippen molar-refractivity contribution in [3.8, 4) is 0 Å². The van der Waals surface area contributed by atoms with Crippen LogP contribution in [0.15, 0.2) is 47.1 Å². The molecule has 1 saturated carbocycles. The van der Waals surface area contributed by atoms with Crippen LogP contribution in [-0.2, 0) is 17.9 Å². The van der Waals surface area contributed by atoms with Gasteiger partial charge in [0.25, 0.3) is 5.91 Å². The highest BCUT2D eigenvalue weighted by molar-refractivity contribution is 6.02. The second kappa shape index (κ2) is 8.04.